The monoisotopic (exact) mass is 431 g/mol. The Kier molecular flexibility index (Phi) is 5.23. The number of nitrogens with zero attached hydrogens (tertiary/aromatic N) is 3. The highest BCUT2D eigenvalue weighted by Gasteiger charge is 2.46. The van der Waals surface area contributed by atoms with Gasteiger partial charge in [-0.05, 0) is 43.7 Å². The van der Waals surface area contributed by atoms with Crippen LogP contribution in [0.3, 0.4) is 0 Å². The fraction of sp³-hybridized carbons (Fsp3) is 0.400. The summed E-state index contributed by atoms with van der Waals surface area (Å²) < 4.78 is 7.04. The molecule has 3 heterocycles. The highest BCUT2D eigenvalue weighted by molar-refractivity contribution is 9.10. The van der Waals surface area contributed by atoms with Crippen molar-refractivity contribution in [3.63, 3.8) is 0 Å². The number of rotatable bonds is 5. The molecule has 0 amide bonds. The smallest absolute Gasteiger partial charge is 0.160 e. The largest absolute Gasteiger partial charge is 0.494 e. The molecule has 1 saturated heterocycles. The van der Waals surface area contributed by atoms with Gasteiger partial charge in [-0.15, -0.1) is 0 Å². The van der Waals surface area contributed by atoms with Gasteiger partial charge in [-0.25, -0.2) is 0 Å². The number of hydrogen-bond acceptors (Lipinski definition) is 5. The van der Waals surface area contributed by atoms with Crippen LogP contribution in [0.25, 0.3) is 0 Å². The lowest BCUT2D eigenvalue weighted by Gasteiger charge is -2.32. The zero-order valence-electron chi connectivity index (χ0n) is 14.9. The lowest BCUT2D eigenvalue weighted by Crippen LogP contribution is -2.35. The summed E-state index contributed by atoms with van der Waals surface area (Å²) in [5.41, 5.74) is 2.19. The molecule has 0 saturated carbocycles. The maximum absolute atomic E-state index is 5.98. The molecule has 2 aromatic rings. The van der Waals surface area contributed by atoms with Gasteiger partial charge in [0.2, 0.25) is 0 Å². The van der Waals surface area contributed by atoms with E-state index in [-0.39, 0.29) is 12.1 Å². The average molecular weight is 432 g/mol. The van der Waals surface area contributed by atoms with Gasteiger partial charge in [0.05, 0.1) is 18.3 Å². The van der Waals surface area contributed by atoms with E-state index < -0.39 is 0 Å². The first-order valence-corrected chi connectivity index (χ1v) is 10.8. The number of ether oxygens (including phenoxy) is 1. The van der Waals surface area contributed by atoms with Crippen molar-refractivity contribution >= 4 is 32.9 Å². The maximum Gasteiger partial charge on any atom is 0.160 e. The molecule has 0 bridgehead atoms. The van der Waals surface area contributed by atoms with Crippen molar-refractivity contribution in [3.8, 4) is 5.75 Å². The number of benzene rings is 1. The van der Waals surface area contributed by atoms with Crippen molar-refractivity contribution in [2.45, 2.75) is 38.4 Å². The molecule has 3 atom stereocenters. The lowest BCUT2D eigenvalue weighted by atomic mass is 9.94. The fourth-order valence-electron chi connectivity index (χ4n) is 3.72. The minimum atomic E-state index is -0.0124. The van der Waals surface area contributed by atoms with Crippen LogP contribution in [0.5, 0.6) is 5.75 Å². The molecule has 0 unspecified atom stereocenters. The van der Waals surface area contributed by atoms with Crippen LogP contribution in [0.1, 0.15) is 43.6 Å². The highest BCUT2D eigenvalue weighted by atomic mass is 79.9. The van der Waals surface area contributed by atoms with Gasteiger partial charge in [0.1, 0.15) is 11.8 Å². The molecule has 1 aromatic carbocycles. The molecule has 1 aromatic heterocycles. The Bertz CT molecular complexity index is 814. The first-order valence-electron chi connectivity index (χ1n) is 9.05. The molecule has 0 N–H and O–H groups in total. The molecule has 136 valence electrons. The SMILES string of the molecule is CCOc1ccc(Br)cc1[C@@H]1[C@H](c2ccccn2)N=C2SC[C@H](CC)N21. The van der Waals surface area contributed by atoms with Crippen LogP contribution in [-0.4, -0.2) is 33.5 Å². The minimum Gasteiger partial charge on any atom is -0.494 e. The molecule has 6 heteroatoms. The van der Waals surface area contributed by atoms with Crippen LogP contribution in [0.2, 0.25) is 0 Å². The van der Waals surface area contributed by atoms with Crippen LogP contribution < -0.4 is 4.74 Å². The third-order valence-electron chi connectivity index (χ3n) is 4.92. The maximum atomic E-state index is 5.98. The number of amidine groups is 1. The Morgan fingerprint density at radius 2 is 2.15 bits per heavy atom. The average Bonchev–Trinajstić information content (AvgIpc) is 3.23. The molecular formula is C20H22BrN3OS. The Morgan fingerprint density at radius 3 is 2.88 bits per heavy atom. The summed E-state index contributed by atoms with van der Waals surface area (Å²) in [4.78, 5) is 12.2. The molecule has 1 fully saturated rings. The molecule has 4 rings (SSSR count). The second kappa shape index (κ2) is 7.61. The van der Waals surface area contributed by atoms with Gasteiger partial charge in [-0.1, -0.05) is 40.7 Å². The van der Waals surface area contributed by atoms with Gasteiger partial charge in [0.25, 0.3) is 0 Å². The summed E-state index contributed by atoms with van der Waals surface area (Å²) >= 11 is 5.50. The van der Waals surface area contributed by atoms with Crippen LogP contribution in [-0.2, 0) is 0 Å². The van der Waals surface area contributed by atoms with E-state index in [2.05, 4.69) is 50.9 Å². The molecule has 0 radical (unpaired) electrons. The first kappa shape index (κ1) is 17.9. The number of halogens is 1. The van der Waals surface area contributed by atoms with E-state index in [1.165, 1.54) is 5.56 Å². The van der Waals surface area contributed by atoms with E-state index in [1.54, 1.807) is 0 Å². The van der Waals surface area contributed by atoms with E-state index in [1.807, 2.05) is 43.1 Å². The second-order valence-corrected chi connectivity index (χ2v) is 8.35. The van der Waals surface area contributed by atoms with E-state index in [9.17, 15) is 0 Å². The molecule has 4 nitrogen and oxygen atoms in total. The molecule has 0 aliphatic carbocycles. The Labute approximate surface area is 167 Å². The predicted molar refractivity (Wildman–Crippen MR) is 111 cm³/mol. The van der Waals surface area contributed by atoms with Crippen molar-refractivity contribution in [1.29, 1.82) is 0 Å². The fourth-order valence-corrected chi connectivity index (χ4v) is 5.44. The summed E-state index contributed by atoms with van der Waals surface area (Å²) in [5, 5.41) is 1.14. The van der Waals surface area contributed by atoms with Crippen molar-refractivity contribution in [1.82, 2.24) is 9.88 Å². The number of fused-ring (bicyclic) bond motifs is 1. The third-order valence-corrected chi connectivity index (χ3v) is 6.54. The Morgan fingerprint density at radius 1 is 1.27 bits per heavy atom. The van der Waals surface area contributed by atoms with Crippen molar-refractivity contribution in [2.75, 3.05) is 12.4 Å². The van der Waals surface area contributed by atoms with Crippen molar-refractivity contribution in [3.05, 3.63) is 58.3 Å². The van der Waals surface area contributed by atoms with E-state index in [4.69, 9.17) is 9.73 Å². The zero-order valence-corrected chi connectivity index (χ0v) is 17.3. The zero-order chi connectivity index (χ0) is 18.1. The standard InChI is InChI=1S/C20H22BrN3OS/c1-3-14-12-26-20-23-18(16-7-5-6-10-22-16)19(24(14)20)15-11-13(21)8-9-17(15)25-4-2/h5-11,14,18-19H,3-4,12H2,1-2H3/t14-,18-,19+/m0/s1. The number of hydrogen-bond donors (Lipinski definition) is 0. The van der Waals surface area contributed by atoms with E-state index in [0.29, 0.717) is 12.6 Å². The second-order valence-electron chi connectivity index (χ2n) is 6.45. The molecular weight excluding hydrogens is 410 g/mol. The van der Waals surface area contributed by atoms with E-state index >= 15 is 0 Å². The van der Waals surface area contributed by atoms with Gasteiger partial charge < -0.3 is 9.64 Å². The first-order chi connectivity index (χ1) is 12.7. The van der Waals surface area contributed by atoms with Gasteiger partial charge in [0, 0.05) is 28.0 Å². The Balaban J connectivity index is 1.84. The number of pyridine rings is 1. The van der Waals surface area contributed by atoms with Crippen LogP contribution in [0.4, 0.5) is 0 Å². The molecule has 0 spiro atoms. The summed E-state index contributed by atoms with van der Waals surface area (Å²) in [7, 11) is 0. The van der Waals surface area contributed by atoms with Gasteiger partial charge in [-0.2, -0.15) is 0 Å². The minimum absolute atomic E-state index is 0.0124. The normalized spacial score (nSPS) is 24.5. The number of aromatic nitrogens is 1. The lowest BCUT2D eigenvalue weighted by molar-refractivity contribution is 0.245. The van der Waals surface area contributed by atoms with Gasteiger partial charge >= 0.3 is 0 Å². The van der Waals surface area contributed by atoms with Crippen LogP contribution in [0.15, 0.2) is 52.1 Å². The quantitative estimate of drug-likeness (QED) is 0.649. The molecule has 2 aliphatic rings. The summed E-state index contributed by atoms with van der Waals surface area (Å²) in [6, 6.07) is 12.9. The third kappa shape index (κ3) is 3.14. The predicted octanol–water partition coefficient (Wildman–Crippen LogP) is 5.22. The van der Waals surface area contributed by atoms with Crippen molar-refractivity contribution in [2.24, 2.45) is 4.99 Å². The summed E-state index contributed by atoms with van der Waals surface area (Å²) in [6.07, 6.45) is 2.96. The molecule has 2 aliphatic heterocycles. The topological polar surface area (TPSA) is 37.7 Å². The van der Waals surface area contributed by atoms with E-state index in [0.717, 1.165) is 33.3 Å². The number of thioether (sulfide) groups is 1. The highest BCUT2D eigenvalue weighted by Crippen LogP contribution is 2.50. The summed E-state index contributed by atoms with van der Waals surface area (Å²) in [6.45, 7) is 4.93. The van der Waals surface area contributed by atoms with Crippen LogP contribution >= 0.6 is 27.7 Å². The van der Waals surface area contributed by atoms with Crippen molar-refractivity contribution < 1.29 is 4.74 Å². The van der Waals surface area contributed by atoms with Gasteiger partial charge in [0.15, 0.2) is 5.17 Å². The molecule has 26 heavy (non-hydrogen) atoms. The van der Waals surface area contributed by atoms with Gasteiger partial charge in [-0.3, -0.25) is 9.98 Å². The summed E-state index contributed by atoms with van der Waals surface area (Å²) in [5.74, 6) is 2.03. The number of aliphatic imine (C=N–C) groups is 1. The van der Waals surface area contributed by atoms with Crippen LogP contribution in [0, 0.1) is 0 Å². The Hall–Kier alpha value is -1.53.